The molecule has 4 rings (SSSR count). The molecule has 1 atom stereocenters. The molecule has 9 heteroatoms. The van der Waals surface area contributed by atoms with Gasteiger partial charge in [0.1, 0.15) is 17.6 Å². The van der Waals surface area contributed by atoms with E-state index in [1.54, 1.807) is 11.7 Å². The number of ether oxygens (including phenoxy) is 1. The molecule has 2 aromatic heterocycles. The quantitative estimate of drug-likeness (QED) is 0.348. The summed E-state index contributed by atoms with van der Waals surface area (Å²) >= 11 is 7.90. The van der Waals surface area contributed by atoms with Crippen LogP contribution in [-0.4, -0.2) is 32.2 Å². The highest BCUT2D eigenvalue weighted by Crippen LogP contribution is 2.23. The predicted octanol–water partition coefficient (Wildman–Crippen LogP) is 4.00. The lowest BCUT2D eigenvalue weighted by Crippen LogP contribution is -2.21. The molecule has 0 saturated heterocycles. The van der Waals surface area contributed by atoms with Crippen LogP contribution in [0.2, 0.25) is 0 Å². The minimum atomic E-state index is -0.230. The van der Waals surface area contributed by atoms with E-state index in [-0.39, 0.29) is 11.6 Å². The molecule has 0 aliphatic heterocycles. The first kappa shape index (κ1) is 22.6. The molecule has 0 fully saturated rings. The van der Waals surface area contributed by atoms with Crippen molar-refractivity contribution >= 4 is 39.9 Å². The molecular weight excluding hydrogens is 490 g/mol. The SMILES string of the molecule is COc1ccc(CNCC(C)c2ncnc3c2n(S)c(=O)n3Cc2ccc(Br)cc2)cc1. The summed E-state index contributed by atoms with van der Waals surface area (Å²) in [6, 6.07) is 15.8. The summed E-state index contributed by atoms with van der Waals surface area (Å²) in [7, 11) is 1.66. The van der Waals surface area contributed by atoms with Crippen LogP contribution in [0.25, 0.3) is 11.2 Å². The van der Waals surface area contributed by atoms with Crippen LogP contribution in [-0.2, 0) is 13.1 Å². The van der Waals surface area contributed by atoms with Crippen LogP contribution in [0, 0.1) is 0 Å². The molecular formula is C23H24BrN5O2S. The van der Waals surface area contributed by atoms with Crippen molar-refractivity contribution in [2.24, 2.45) is 0 Å². The van der Waals surface area contributed by atoms with Gasteiger partial charge in [-0.2, -0.15) is 0 Å². The molecule has 0 aliphatic rings. The first-order valence-electron chi connectivity index (χ1n) is 10.2. The maximum Gasteiger partial charge on any atom is 0.340 e. The van der Waals surface area contributed by atoms with Gasteiger partial charge in [-0.1, -0.05) is 59.9 Å². The Morgan fingerprint density at radius 1 is 1.09 bits per heavy atom. The van der Waals surface area contributed by atoms with Gasteiger partial charge in [-0.05, 0) is 35.4 Å². The molecule has 0 radical (unpaired) electrons. The zero-order chi connectivity index (χ0) is 22.7. The highest BCUT2D eigenvalue weighted by Gasteiger charge is 2.20. The zero-order valence-electron chi connectivity index (χ0n) is 17.8. The number of aromatic nitrogens is 4. The van der Waals surface area contributed by atoms with E-state index in [1.807, 2.05) is 48.5 Å². The molecule has 1 N–H and O–H groups in total. The molecule has 1 unspecified atom stereocenters. The number of methoxy groups -OCH3 is 1. The zero-order valence-corrected chi connectivity index (χ0v) is 20.3. The summed E-state index contributed by atoms with van der Waals surface area (Å²) < 4.78 is 9.18. The minimum absolute atomic E-state index is 0.0556. The predicted molar refractivity (Wildman–Crippen MR) is 133 cm³/mol. The Kier molecular flexibility index (Phi) is 6.98. The lowest BCUT2D eigenvalue weighted by Gasteiger charge is -2.13. The number of imidazole rings is 1. The number of fused-ring (bicyclic) bond motifs is 1. The van der Waals surface area contributed by atoms with Crippen molar-refractivity contribution in [1.29, 1.82) is 0 Å². The third kappa shape index (κ3) is 4.74. The maximum atomic E-state index is 12.9. The minimum Gasteiger partial charge on any atom is -0.497 e. The molecule has 0 amide bonds. The number of hydrogen-bond acceptors (Lipinski definition) is 6. The number of halogens is 1. The second-order valence-corrected chi connectivity index (χ2v) is 8.93. The molecule has 2 aromatic carbocycles. The third-order valence-electron chi connectivity index (χ3n) is 5.37. The third-order valence-corrected chi connectivity index (χ3v) is 6.27. The number of nitrogens with one attached hydrogen (secondary N) is 1. The van der Waals surface area contributed by atoms with Gasteiger partial charge in [-0.3, -0.25) is 4.57 Å². The van der Waals surface area contributed by atoms with Crippen molar-refractivity contribution in [2.45, 2.75) is 25.9 Å². The van der Waals surface area contributed by atoms with Gasteiger partial charge in [0.05, 0.1) is 19.3 Å². The number of hydrogen-bond donors (Lipinski definition) is 2. The van der Waals surface area contributed by atoms with Crippen molar-refractivity contribution in [3.05, 3.63) is 86.6 Å². The normalized spacial score (nSPS) is 12.2. The van der Waals surface area contributed by atoms with Crippen molar-refractivity contribution in [3.8, 4) is 5.75 Å². The number of thiol groups is 1. The van der Waals surface area contributed by atoms with Crippen LogP contribution in [0.5, 0.6) is 5.75 Å². The van der Waals surface area contributed by atoms with Gasteiger partial charge in [0.15, 0.2) is 5.65 Å². The lowest BCUT2D eigenvalue weighted by molar-refractivity contribution is 0.414. The van der Waals surface area contributed by atoms with Crippen molar-refractivity contribution in [2.75, 3.05) is 13.7 Å². The largest absolute Gasteiger partial charge is 0.497 e. The van der Waals surface area contributed by atoms with Gasteiger partial charge in [-0.15, -0.1) is 0 Å². The van der Waals surface area contributed by atoms with E-state index in [0.29, 0.717) is 24.3 Å². The first-order valence-corrected chi connectivity index (χ1v) is 11.4. The van der Waals surface area contributed by atoms with Crippen LogP contribution in [0.15, 0.2) is 64.1 Å². The fraction of sp³-hybridized carbons (Fsp3) is 0.261. The van der Waals surface area contributed by atoms with E-state index in [1.165, 1.54) is 10.3 Å². The van der Waals surface area contributed by atoms with Gasteiger partial charge in [0.25, 0.3) is 0 Å². The Balaban J connectivity index is 1.54. The number of benzene rings is 2. The topological polar surface area (TPSA) is 74.0 Å². The summed E-state index contributed by atoms with van der Waals surface area (Å²) in [5.41, 5.74) is 3.96. The van der Waals surface area contributed by atoms with Crippen molar-refractivity contribution in [3.63, 3.8) is 0 Å². The molecule has 0 saturated carbocycles. The fourth-order valence-corrected chi connectivity index (χ4v) is 4.20. The van der Waals surface area contributed by atoms with Crippen molar-refractivity contribution < 1.29 is 4.74 Å². The van der Waals surface area contributed by atoms with E-state index in [4.69, 9.17) is 4.74 Å². The van der Waals surface area contributed by atoms with Crippen LogP contribution < -0.4 is 15.7 Å². The van der Waals surface area contributed by atoms with Gasteiger partial charge in [0, 0.05) is 23.5 Å². The van der Waals surface area contributed by atoms with Crippen LogP contribution in [0.3, 0.4) is 0 Å². The number of rotatable bonds is 8. The summed E-state index contributed by atoms with van der Waals surface area (Å²) in [6.07, 6.45) is 1.52. The van der Waals surface area contributed by atoms with E-state index >= 15 is 0 Å². The maximum absolute atomic E-state index is 12.9. The van der Waals surface area contributed by atoms with E-state index in [9.17, 15) is 4.79 Å². The first-order chi connectivity index (χ1) is 15.5. The van der Waals surface area contributed by atoms with Crippen molar-refractivity contribution in [1.82, 2.24) is 23.8 Å². The van der Waals surface area contributed by atoms with Gasteiger partial charge in [-0.25, -0.2) is 18.7 Å². The Morgan fingerprint density at radius 3 is 2.47 bits per heavy atom. The smallest absolute Gasteiger partial charge is 0.340 e. The summed E-state index contributed by atoms with van der Waals surface area (Å²) in [4.78, 5) is 21.8. The van der Waals surface area contributed by atoms with Crippen LogP contribution >= 0.6 is 28.7 Å². The standard InChI is InChI=1S/C23H24BrN5O2S/c1-15(11-25-12-16-5-9-19(31-2)10-6-16)20-21-22(27-14-26-20)28(23(30)29(21)32)13-17-3-7-18(24)8-4-17/h3-10,14-15,25,32H,11-13H2,1-2H3. The monoisotopic (exact) mass is 513 g/mol. The van der Waals surface area contributed by atoms with Gasteiger partial charge >= 0.3 is 5.69 Å². The molecule has 32 heavy (non-hydrogen) atoms. The lowest BCUT2D eigenvalue weighted by atomic mass is 10.1. The van der Waals surface area contributed by atoms with E-state index in [0.717, 1.165) is 33.6 Å². The van der Waals surface area contributed by atoms with Crippen LogP contribution in [0.1, 0.15) is 29.7 Å². The fourth-order valence-electron chi connectivity index (χ4n) is 3.63. The molecule has 0 bridgehead atoms. The second-order valence-electron chi connectivity index (χ2n) is 7.62. The molecule has 2 heterocycles. The summed E-state index contributed by atoms with van der Waals surface area (Å²) in [5, 5.41) is 3.46. The molecule has 166 valence electrons. The highest BCUT2D eigenvalue weighted by molar-refractivity contribution is 9.10. The average Bonchev–Trinajstić information content (AvgIpc) is 3.05. The van der Waals surface area contributed by atoms with Crippen LogP contribution in [0.4, 0.5) is 0 Å². The second kappa shape index (κ2) is 9.89. The highest BCUT2D eigenvalue weighted by atomic mass is 79.9. The Labute approximate surface area is 200 Å². The Hall–Kier alpha value is -2.62. The van der Waals surface area contributed by atoms with E-state index in [2.05, 4.69) is 51.0 Å². The van der Waals surface area contributed by atoms with Gasteiger partial charge < -0.3 is 10.1 Å². The van der Waals surface area contributed by atoms with Gasteiger partial charge in [0.2, 0.25) is 0 Å². The Bertz CT molecular complexity index is 1270. The summed E-state index contributed by atoms with van der Waals surface area (Å²) in [5.74, 6) is 0.893. The molecule has 7 nitrogen and oxygen atoms in total. The van der Waals surface area contributed by atoms with E-state index < -0.39 is 0 Å². The average molecular weight is 514 g/mol. The Morgan fingerprint density at radius 2 is 1.78 bits per heavy atom. The molecule has 4 aromatic rings. The summed E-state index contributed by atoms with van der Waals surface area (Å²) in [6.45, 7) is 3.91. The number of nitrogens with zero attached hydrogens (tertiary/aromatic N) is 4. The molecule has 0 spiro atoms. The molecule has 0 aliphatic carbocycles.